The van der Waals surface area contributed by atoms with E-state index in [-0.39, 0.29) is 11.6 Å². The monoisotopic (exact) mass is 496 g/mol. The summed E-state index contributed by atoms with van der Waals surface area (Å²) >= 11 is 0. The SMILES string of the molecule is O=C(O)C(F)(F)F.O=C1N(c2ccccc2)CCN1c1ccc(-c2n[nH]c(=O)c3ccccc23)cc1. The number of carbonyl (C=O) groups excluding carboxylic acids is 1. The number of halogens is 3. The molecule has 5 rings (SSSR count). The fraction of sp³-hybridized carbons (Fsp3) is 0.120. The van der Waals surface area contributed by atoms with Gasteiger partial charge in [-0.3, -0.25) is 14.6 Å². The van der Waals surface area contributed by atoms with E-state index in [9.17, 15) is 22.8 Å². The summed E-state index contributed by atoms with van der Waals surface area (Å²) in [6.45, 7) is 1.28. The molecule has 1 aliphatic rings. The minimum atomic E-state index is -5.08. The lowest BCUT2D eigenvalue weighted by molar-refractivity contribution is -0.192. The predicted molar refractivity (Wildman–Crippen MR) is 128 cm³/mol. The van der Waals surface area contributed by atoms with E-state index in [2.05, 4.69) is 10.2 Å². The van der Waals surface area contributed by atoms with Gasteiger partial charge in [0.15, 0.2) is 0 Å². The molecule has 11 heteroatoms. The predicted octanol–water partition coefficient (Wildman–Crippen LogP) is 4.67. The number of urea groups is 1. The molecule has 2 N–H and O–H groups in total. The average Bonchev–Trinajstić information content (AvgIpc) is 3.26. The minimum Gasteiger partial charge on any atom is -0.475 e. The topological polar surface area (TPSA) is 107 Å². The molecule has 1 fully saturated rings. The van der Waals surface area contributed by atoms with Crippen molar-refractivity contribution in [2.45, 2.75) is 6.18 Å². The van der Waals surface area contributed by atoms with Crippen LogP contribution in [0.25, 0.3) is 22.0 Å². The lowest BCUT2D eigenvalue weighted by Crippen LogP contribution is -2.31. The fourth-order valence-corrected chi connectivity index (χ4v) is 3.76. The summed E-state index contributed by atoms with van der Waals surface area (Å²) in [5, 5.41) is 15.3. The van der Waals surface area contributed by atoms with Crippen LogP contribution in [0.15, 0.2) is 83.7 Å². The first-order chi connectivity index (χ1) is 17.2. The number of hydrogen-bond donors (Lipinski definition) is 2. The molecule has 0 radical (unpaired) electrons. The molecule has 0 saturated carbocycles. The summed E-state index contributed by atoms with van der Waals surface area (Å²) in [7, 11) is 0. The molecule has 4 aromatic rings. The molecule has 1 aliphatic heterocycles. The Labute approximate surface area is 202 Å². The van der Waals surface area contributed by atoms with Crippen molar-refractivity contribution < 1.29 is 27.9 Å². The molecule has 0 bridgehead atoms. The number of rotatable bonds is 3. The summed E-state index contributed by atoms with van der Waals surface area (Å²) in [5.74, 6) is -2.76. The largest absolute Gasteiger partial charge is 0.490 e. The van der Waals surface area contributed by atoms with E-state index < -0.39 is 12.1 Å². The van der Waals surface area contributed by atoms with Crippen molar-refractivity contribution in [2.24, 2.45) is 0 Å². The van der Waals surface area contributed by atoms with Gasteiger partial charge in [0.25, 0.3) is 5.56 Å². The highest BCUT2D eigenvalue weighted by atomic mass is 19.4. The number of fused-ring (bicyclic) bond motifs is 1. The molecule has 0 atom stereocenters. The van der Waals surface area contributed by atoms with E-state index in [0.29, 0.717) is 24.2 Å². The second-order valence-corrected chi connectivity index (χ2v) is 7.72. The highest BCUT2D eigenvalue weighted by Crippen LogP contribution is 2.29. The van der Waals surface area contributed by atoms with Crippen LogP contribution in [-0.4, -0.2) is 46.6 Å². The van der Waals surface area contributed by atoms with Gasteiger partial charge < -0.3 is 5.11 Å². The Kier molecular flexibility index (Phi) is 6.73. The van der Waals surface area contributed by atoms with Gasteiger partial charge in [0, 0.05) is 35.4 Å². The van der Waals surface area contributed by atoms with Crippen molar-refractivity contribution >= 4 is 34.1 Å². The number of carbonyl (C=O) groups is 2. The zero-order chi connectivity index (χ0) is 25.9. The minimum absolute atomic E-state index is 0.0310. The van der Waals surface area contributed by atoms with Crippen LogP contribution in [0.1, 0.15) is 0 Å². The number of H-pyrrole nitrogens is 1. The summed E-state index contributed by atoms with van der Waals surface area (Å²) in [4.78, 5) is 37.3. The van der Waals surface area contributed by atoms with Crippen molar-refractivity contribution in [1.82, 2.24) is 10.2 Å². The third-order valence-electron chi connectivity index (χ3n) is 5.47. The Bertz CT molecular complexity index is 1450. The molecule has 184 valence electrons. The normalized spacial score (nSPS) is 13.5. The highest BCUT2D eigenvalue weighted by molar-refractivity contribution is 6.06. The molecule has 3 aromatic carbocycles. The van der Waals surface area contributed by atoms with Gasteiger partial charge in [-0.1, -0.05) is 48.5 Å². The van der Waals surface area contributed by atoms with Crippen molar-refractivity contribution in [3.8, 4) is 11.3 Å². The third-order valence-corrected chi connectivity index (χ3v) is 5.47. The second kappa shape index (κ2) is 9.90. The number of anilines is 2. The lowest BCUT2D eigenvalue weighted by Gasteiger charge is -2.19. The Balaban J connectivity index is 0.000000384. The average molecular weight is 496 g/mol. The quantitative estimate of drug-likeness (QED) is 0.429. The Morgan fingerprint density at radius 1 is 0.806 bits per heavy atom. The summed E-state index contributed by atoms with van der Waals surface area (Å²) < 4.78 is 31.7. The molecular weight excluding hydrogens is 477 g/mol. The molecule has 2 heterocycles. The number of alkyl halides is 3. The third kappa shape index (κ3) is 5.04. The molecule has 0 unspecified atom stereocenters. The van der Waals surface area contributed by atoms with Crippen LogP contribution in [0.2, 0.25) is 0 Å². The number of carboxylic acids is 1. The van der Waals surface area contributed by atoms with E-state index in [1.165, 1.54) is 0 Å². The lowest BCUT2D eigenvalue weighted by atomic mass is 10.0. The van der Waals surface area contributed by atoms with E-state index in [1.54, 1.807) is 15.9 Å². The first kappa shape index (κ1) is 24.5. The summed E-state index contributed by atoms with van der Waals surface area (Å²) in [6.07, 6.45) is -5.08. The maximum absolute atomic E-state index is 12.9. The number of carboxylic acid groups (broad SMARTS) is 1. The van der Waals surface area contributed by atoms with E-state index in [0.717, 1.165) is 22.3 Å². The fourth-order valence-electron chi connectivity index (χ4n) is 3.76. The van der Waals surface area contributed by atoms with Gasteiger partial charge >= 0.3 is 18.2 Å². The Morgan fingerprint density at radius 2 is 1.31 bits per heavy atom. The van der Waals surface area contributed by atoms with Crippen molar-refractivity contribution in [2.75, 3.05) is 22.9 Å². The van der Waals surface area contributed by atoms with E-state index in [4.69, 9.17) is 9.90 Å². The van der Waals surface area contributed by atoms with Gasteiger partial charge in [0.05, 0.1) is 11.1 Å². The van der Waals surface area contributed by atoms with Gasteiger partial charge in [-0.15, -0.1) is 0 Å². The van der Waals surface area contributed by atoms with E-state index >= 15 is 0 Å². The molecule has 0 aliphatic carbocycles. The van der Waals surface area contributed by atoms with Gasteiger partial charge in [-0.05, 0) is 30.3 Å². The highest BCUT2D eigenvalue weighted by Gasteiger charge is 2.38. The number of hydrogen-bond acceptors (Lipinski definition) is 4. The zero-order valence-electron chi connectivity index (χ0n) is 18.6. The zero-order valence-corrected chi connectivity index (χ0v) is 18.6. The van der Waals surface area contributed by atoms with Crippen LogP contribution < -0.4 is 15.4 Å². The molecular formula is C25H19F3N4O4. The van der Waals surface area contributed by atoms with Crippen LogP contribution >= 0.6 is 0 Å². The van der Waals surface area contributed by atoms with Crippen molar-refractivity contribution in [3.05, 3.63) is 89.2 Å². The van der Waals surface area contributed by atoms with Gasteiger partial charge in [-0.2, -0.15) is 18.3 Å². The molecule has 2 amide bonds. The molecule has 1 saturated heterocycles. The molecule has 1 aromatic heterocycles. The standard InChI is InChI=1S/C23H18N4O2.C2HF3O2/c28-22-20-9-5-4-8-19(20)21(24-25-22)16-10-12-18(13-11-16)27-15-14-26(23(27)29)17-6-2-1-3-7-17;3-2(4,5)1(6)7/h1-13H,14-15H2,(H,25,28);(H,6,7). The number of benzene rings is 3. The van der Waals surface area contributed by atoms with Crippen LogP contribution in [0, 0.1) is 0 Å². The Hall–Kier alpha value is -4.67. The first-order valence-corrected chi connectivity index (χ1v) is 10.7. The first-order valence-electron chi connectivity index (χ1n) is 10.7. The van der Waals surface area contributed by atoms with Gasteiger partial charge in [0.1, 0.15) is 0 Å². The van der Waals surface area contributed by atoms with Gasteiger partial charge in [0.2, 0.25) is 0 Å². The van der Waals surface area contributed by atoms with Crippen LogP contribution in [0.5, 0.6) is 0 Å². The number of aliphatic carboxylic acids is 1. The summed E-state index contributed by atoms with van der Waals surface area (Å²) in [6, 6.07) is 24.8. The number of amides is 2. The van der Waals surface area contributed by atoms with E-state index in [1.807, 2.05) is 72.8 Å². The van der Waals surface area contributed by atoms with Gasteiger partial charge in [-0.25, -0.2) is 14.7 Å². The maximum Gasteiger partial charge on any atom is 0.490 e. The molecule has 8 nitrogen and oxygen atoms in total. The maximum atomic E-state index is 12.9. The van der Waals surface area contributed by atoms with Crippen molar-refractivity contribution in [3.63, 3.8) is 0 Å². The Morgan fingerprint density at radius 3 is 1.86 bits per heavy atom. The van der Waals surface area contributed by atoms with Crippen LogP contribution in [-0.2, 0) is 4.79 Å². The second-order valence-electron chi connectivity index (χ2n) is 7.72. The van der Waals surface area contributed by atoms with Crippen LogP contribution in [0.4, 0.5) is 29.3 Å². The van der Waals surface area contributed by atoms with Crippen molar-refractivity contribution in [1.29, 1.82) is 0 Å². The number of nitrogens with one attached hydrogen (secondary N) is 1. The number of aromatic amines is 1. The molecule has 36 heavy (non-hydrogen) atoms. The number of nitrogens with zero attached hydrogens (tertiary/aromatic N) is 3. The molecule has 0 spiro atoms. The van der Waals surface area contributed by atoms with Crippen LogP contribution in [0.3, 0.4) is 0 Å². The summed E-state index contributed by atoms with van der Waals surface area (Å²) in [5.41, 5.74) is 3.13. The number of aromatic nitrogens is 2. The number of para-hydroxylation sites is 1. The smallest absolute Gasteiger partial charge is 0.475 e.